The molecule has 0 fully saturated rings. The minimum Gasteiger partial charge on any atom is -0.278 e. The van der Waals surface area contributed by atoms with E-state index in [0.717, 1.165) is 89.7 Å². The molecule has 6 aromatic carbocycles. The van der Waals surface area contributed by atoms with Crippen molar-refractivity contribution in [3.05, 3.63) is 188 Å². The van der Waals surface area contributed by atoms with E-state index in [1.807, 2.05) is 36.7 Å². The smallest absolute Gasteiger partial charge is 0.221 e. The molecule has 11 rings (SSSR count). The number of imidazole rings is 2. The Bertz CT molecular complexity index is 2920. The van der Waals surface area contributed by atoms with Gasteiger partial charge in [0.05, 0.1) is 34.8 Å². The Morgan fingerprint density at radius 1 is 0.333 bits per heavy atom. The first-order valence-corrected chi connectivity index (χ1v) is 18.0. The zero-order chi connectivity index (χ0) is 35.6. The Hall–Kier alpha value is -7.51. The number of pyridine rings is 1. The molecule has 7 heteroatoms. The van der Waals surface area contributed by atoms with Gasteiger partial charge in [-0.15, -0.1) is 0 Å². The molecule has 0 saturated carbocycles. The van der Waals surface area contributed by atoms with Crippen molar-refractivity contribution in [1.82, 2.24) is 33.2 Å². The highest BCUT2D eigenvalue weighted by molar-refractivity contribution is 6.16. The van der Waals surface area contributed by atoms with Gasteiger partial charge in [0.15, 0.2) is 0 Å². The topological polar surface area (TPSA) is 58.4 Å². The summed E-state index contributed by atoms with van der Waals surface area (Å²) in [4.78, 5) is 16.0. The van der Waals surface area contributed by atoms with E-state index in [1.165, 1.54) is 0 Å². The average Bonchev–Trinajstić information content (AvgIpc) is 4.02. The molecule has 0 bridgehead atoms. The molecular weight excluding hydrogens is 663 g/mol. The molecular formula is C47H31N7. The second-order valence-corrected chi connectivity index (χ2v) is 13.4. The molecule has 254 valence electrons. The lowest BCUT2D eigenvalue weighted by molar-refractivity contribution is 0.921. The van der Waals surface area contributed by atoms with Gasteiger partial charge in [0.25, 0.3) is 0 Å². The van der Waals surface area contributed by atoms with Gasteiger partial charge in [0.2, 0.25) is 11.9 Å². The summed E-state index contributed by atoms with van der Waals surface area (Å²) in [6.45, 7) is 0. The minimum atomic E-state index is 0.762. The van der Waals surface area contributed by atoms with Crippen molar-refractivity contribution in [2.75, 3.05) is 0 Å². The number of hydrogen-bond donors (Lipinski definition) is 0. The molecule has 0 aliphatic carbocycles. The first kappa shape index (κ1) is 30.1. The van der Waals surface area contributed by atoms with Gasteiger partial charge >= 0.3 is 0 Å². The van der Waals surface area contributed by atoms with Crippen molar-refractivity contribution < 1.29 is 0 Å². The van der Waals surface area contributed by atoms with E-state index < -0.39 is 0 Å². The molecule has 0 amide bonds. The van der Waals surface area contributed by atoms with Crippen LogP contribution in [0, 0.1) is 0 Å². The van der Waals surface area contributed by atoms with E-state index in [2.05, 4.69) is 170 Å². The van der Waals surface area contributed by atoms with Crippen LogP contribution in [-0.4, -0.2) is 33.2 Å². The standard InChI is InChI=1S/C47H31N7/c1-5-17-32(18-6-1)42-30-48-46(51(42)34-21-9-3-10-22-34)53-40-27-15-13-25-36(40)38-29-39-37-26-14-16-28-41(37)54(45(39)50-44(38)53)47-49-31-43(33-19-7-2-8-20-33)52(47)35-23-11-4-12-24-35/h1-31H. The molecule has 0 unspecified atom stereocenters. The first-order valence-electron chi connectivity index (χ1n) is 18.0. The predicted octanol–water partition coefficient (Wildman–Crippen LogP) is 11.0. The maximum atomic E-state index is 5.66. The van der Waals surface area contributed by atoms with Gasteiger partial charge in [0.1, 0.15) is 11.3 Å². The van der Waals surface area contributed by atoms with Crippen molar-refractivity contribution in [3.8, 4) is 45.8 Å². The summed E-state index contributed by atoms with van der Waals surface area (Å²) in [5.74, 6) is 1.52. The fourth-order valence-electron chi connectivity index (χ4n) is 7.95. The third kappa shape index (κ3) is 4.52. The van der Waals surface area contributed by atoms with Crippen molar-refractivity contribution in [3.63, 3.8) is 0 Å². The highest BCUT2D eigenvalue weighted by Gasteiger charge is 2.25. The Kier molecular flexibility index (Phi) is 6.72. The first-order chi connectivity index (χ1) is 26.8. The molecule has 0 N–H and O–H groups in total. The summed E-state index contributed by atoms with van der Waals surface area (Å²) in [5, 5.41) is 4.34. The van der Waals surface area contributed by atoms with Gasteiger partial charge in [-0.2, -0.15) is 0 Å². The quantitative estimate of drug-likeness (QED) is 0.174. The largest absolute Gasteiger partial charge is 0.278 e. The SMILES string of the molecule is c1ccc(-c2cnc(-n3c4ccccc4c4cc5c6ccccc6n(-c6ncc(-c7ccccc7)n6-c6ccccc6)c5nc43)n2-c2ccccc2)cc1. The summed E-state index contributed by atoms with van der Waals surface area (Å²) < 4.78 is 8.89. The summed E-state index contributed by atoms with van der Waals surface area (Å²) in [6, 6.07) is 61.1. The zero-order valence-corrected chi connectivity index (χ0v) is 29.0. The van der Waals surface area contributed by atoms with E-state index >= 15 is 0 Å². The fourth-order valence-corrected chi connectivity index (χ4v) is 7.95. The van der Waals surface area contributed by atoms with E-state index in [0.29, 0.717) is 0 Å². The van der Waals surface area contributed by atoms with E-state index in [4.69, 9.17) is 15.0 Å². The Morgan fingerprint density at radius 2 is 0.704 bits per heavy atom. The minimum absolute atomic E-state index is 0.762. The number of fused-ring (bicyclic) bond motifs is 6. The average molecular weight is 694 g/mol. The second kappa shape index (κ2) is 12.0. The number of nitrogens with zero attached hydrogens (tertiary/aromatic N) is 7. The van der Waals surface area contributed by atoms with Crippen LogP contribution >= 0.6 is 0 Å². The van der Waals surface area contributed by atoms with Crippen LogP contribution in [0.4, 0.5) is 0 Å². The molecule has 5 aromatic heterocycles. The summed E-state index contributed by atoms with van der Waals surface area (Å²) in [7, 11) is 0. The number of hydrogen-bond acceptors (Lipinski definition) is 3. The highest BCUT2D eigenvalue weighted by atomic mass is 15.3. The zero-order valence-electron chi connectivity index (χ0n) is 29.0. The van der Waals surface area contributed by atoms with Gasteiger partial charge < -0.3 is 0 Å². The Labute approximate surface area is 310 Å². The van der Waals surface area contributed by atoms with Crippen LogP contribution in [0.3, 0.4) is 0 Å². The summed E-state index contributed by atoms with van der Waals surface area (Å²) in [5.41, 5.74) is 9.88. The predicted molar refractivity (Wildman–Crippen MR) is 218 cm³/mol. The Morgan fingerprint density at radius 3 is 1.13 bits per heavy atom. The van der Waals surface area contributed by atoms with Gasteiger partial charge in [0, 0.05) is 44.0 Å². The molecule has 0 atom stereocenters. The van der Waals surface area contributed by atoms with Crippen LogP contribution in [0.1, 0.15) is 0 Å². The molecule has 11 aromatic rings. The van der Waals surface area contributed by atoms with Gasteiger partial charge in [-0.05, 0) is 42.5 Å². The molecule has 0 aliphatic heterocycles. The third-order valence-electron chi connectivity index (χ3n) is 10.3. The maximum absolute atomic E-state index is 5.66. The molecule has 0 aliphatic rings. The summed E-state index contributed by atoms with van der Waals surface area (Å²) in [6.07, 6.45) is 3.94. The number of para-hydroxylation sites is 4. The lowest BCUT2D eigenvalue weighted by Gasteiger charge is -2.15. The van der Waals surface area contributed by atoms with E-state index in [1.54, 1.807) is 0 Å². The van der Waals surface area contributed by atoms with Crippen molar-refractivity contribution in [2.45, 2.75) is 0 Å². The molecule has 0 saturated heterocycles. The third-order valence-corrected chi connectivity index (χ3v) is 10.3. The maximum Gasteiger partial charge on any atom is 0.221 e. The van der Waals surface area contributed by atoms with Crippen LogP contribution in [0.25, 0.3) is 89.7 Å². The van der Waals surface area contributed by atoms with Crippen LogP contribution in [0.15, 0.2) is 188 Å². The number of benzene rings is 6. The lowest BCUT2D eigenvalue weighted by Crippen LogP contribution is -2.09. The monoisotopic (exact) mass is 693 g/mol. The Balaban J connectivity index is 1.26. The second-order valence-electron chi connectivity index (χ2n) is 13.4. The lowest BCUT2D eigenvalue weighted by atomic mass is 10.1. The van der Waals surface area contributed by atoms with Crippen molar-refractivity contribution in [2.24, 2.45) is 0 Å². The van der Waals surface area contributed by atoms with Gasteiger partial charge in [-0.1, -0.05) is 133 Å². The fraction of sp³-hybridized carbons (Fsp3) is 0. The van der Waals surface area contributed by atoms with Gasteiger partial charge in [-0.3, -0.25) is 18.3 Å². The van der Waals surface area contributed by atoms with E-state index in [-0.39, 0.29) is 0 Å². The normalized spacial score (nSPS) is 11.7. The number of aromatic nitrogens is 7. The molecule has 5 heterocycles. The van der Waals surface area contributed by atoms with Crippen molar-refractivity contribution in [1.29, 1.82) is 0 Å². The van der Waals surface area contributed by atoms with Crippen LogP contribution < -0.4 is 0 Å². The summed E-state index contributed by atoms with van der Waals surface area (Å²) >= 11 is 0. The molecule has 0 radical (unpaired) electrons. The van der Waals surface area contributed by atoms with Crippen LogP contribution in [0.5, 0.6) is 0 Å². The molecule has 0 spiro atoms. The van der Waals surface area contributed by atoms with Crippen LogP contribution in [-0.2, 0) is 0 Å². The highest BCUT2D eigenvalue weighted by Crippen LogP contribution is 2.39. The van der Waals surface area contributed by atoms with Crippen LogP contribution in [0.2, 0.25) is 0 Å². The van der Waals surface area contributed by atoms with Crippen molar-refractivity contribution >= 4 is 43.9 Å². The molecule has 7 nitrogen and oxygen atoms in total. The number of rotatable bonds is 6. The molecule has 54 heavy (non-hydrogen) atoms. The van der Waals surface area contributed by atoms with Gasteiger partial charge in [-0.25, -0.2) is 15.0 Å². The van der Waals surface area contributed by atoms with E-state index in [9.17, 15) is 0 Å².